The molecule has 7 heteroatoms. The number of hydrogen-bond acceptors (Lipinski definition) is 4. The molecule has 0 radical (unpaired) electrons. The van der Waals surface area contributed by atoms with E-state index < -0.39 is 16.1 Å². The van der Waals surface area contributed by atoms with E-state index >= 15 is 0 Å². The van der Waals surface area contributed by atoms with Gasteiger partial charge in [-0.3, -0.25) is 4.79 Å². The van der Waals surface area contributed by atoms with Gasteiger partial charge in [-0.15, -0.1) is 0 Å². The fraction of sp³-hybridized carbons (Fsp3) is 0.350. The van der Waals surface area contributed by atoms with E-state index in [0.29, 0.717) is 37.3 Å². The number of nitrogens with one attached hydrogen (secondary N) is 2. The minimum absolute atomic E-state index is 0.0886. The molecule has 2 N–H and O–H groups in total. The summed E-state index contributed by atoms with van der Waals surface area (Å²) in [6.07, 6.45) is 1.27. The Hall–Kier alpha value is -2.38. The van der Waals surface area contributed by atoms with Gasteiger partial charge in [0.05, 0.1) is 17.5 Å². The molecule has 1 amide bonds. The van der Waals surface area contributed by atoms with Crippen LogP contribution in [0.15, 0.2) is 47.4 Å². The third kappa shape index (κ3) is 4.14. The van der Waals surface area contributed by atoms with Crippen LogP contribution in [0.4, 0.5) is 0 Å². The van der Waals surface area contributed by atoms with Gasteiger partial charge in [0.25, 0.3) is 5.91 Å². The van der Waals surface area contributed by atoms with Crippen LogP contribution < -0.4 is 14.8 Å². The van der Waals surface area contributed by atoms with Crippen LogP contribution in [0.25, 0.3) is 0 Å². The maximum atomic E-state index is 13.0. The molecule has 2 aromatic rings. The number of para-hydroxylation sites is 1. The van der Waals surface area contributed by atoms with E-state index in [0.717, 1.165) is 11.1 Å². The van der Waals surface area contributed by atoms with Gasteiger partial charge < -0.3 is 10.1 Å². The number of ether oxygens (including phenoxy) is 1. The Morgan fingerprint density at radius 3 is 2.70 bits per heavy atom. The Morgan fingerprint density at radius 2 is 1.96 bits per heavy atom. The number of carbonyl (C=O) groups excluding carboxylic acids is 1. The van der Waals surface area contributed by atoms with E-state index in [-0.39, 0.29) is 10.8 Å². The highest BCUT2D eigenvalue weighted by Crippen LogP contribution is 2.29. The summed E-state index contributed by atoms with van der Waals surface area (Å²) in [6.45, 7) is 4.87. The Bertz CT molecular complexity index is 941. The van der Waals surface area contributed by atoms with E-state index in [1.807, 2.05) is 38.1 Å². The minimum atomic E-state index is -3.79. The lowest BCUT2D eigenvalue weighted by atomic mass is 10.0. The number of sulfonamides is 1. The highest BCUT2D eigenvalue weighted by Gasteiger charge is 2.25. The van der Waals surface area contributed by atoms with Crippen LogP contribution >= 0.6 is 0 Å². The molecule has 3 rings (SSSR count). The van der Waals surface area contributed by atoms with Crippen molar-refractivity contribution in [2.24, 2.45) is 0 Å². The molecule has 1 atom stereocenters. The summed E-state index contributed by atoms with van der Waals surface area (Å²) in [6, 6.07) is 11.7. The fourth-order valence-corrected chi connectivity index (χ4v) is 4.56. The number of carbonyl (C=O) groups is 1. The molecule has 27 heavy (non-hydrogen) atoms. The number of hydrogen-bond donors (Lipinski definition) is 2. The van der Waals surface area contributed by atoms with Gasteiger partial charge in [-0.2, -0.15) is 0 Å². The van der Waals surface area contributed by atoms with E-state index in [1.54, 1.807) is 12.1 Å². The largest absolute Gasteiger partial charge is 0.494 e. The Labute approximate surface area is 160 Å². The lowest BCUT2D eigenvalue weighted by Gasteiger charge is -2.21. The van der Waals surface area contributed by atoms with Crippen LogP contribution in [0.5, 0.6) is 5.75 Å². The predicted molar refractivity (Wildman–Crippen MR) is 103 cm³/mol. The standard InChI is InChI=1S/C20H24N2O4S/c1-3-18(16-7-5-6-8-19(16)26-4-2)22-27(24,25)15-10-9-14-11-12-21-20(23)17(14)13-15/h5-10,13,18,22H,3-4,11-12H2,1-2H3,(H,21,23)/t18-/m0/s1. The molecule has 2 aromatic carbocycles. The first kappa shape index (κ1) is 19.4. The average Bonchev–Trinajstić information content (AvgIpc) is 2.67. The van der Waals surface area contributed by atoms with Crippen molar-refractivity contribution in [2.45, 2.75) is 37.6 Å². The molecule has 0 unspecified atom stereocenters. The van der Waals surface area contributed by atoms with Gasteiger partial charge in [-0.1, -0.05) is 31.2 Å². The van der Waals surface area contributed by atoms with Crippen LogP contribution in [-0.4, -0.2) is 27.5 Å². The average molecular weight is 388 g/mol. The number of amides is 1. The van der Waals surface area contributed by atoms with E-state index in [9.17, 15) is 13.2 Å². The van der Waals surface area contributed by atoms with Gasteiger partial charge in [-0.25, -0.2) is 13.1 Å². The first-order valence-electron chi connectivity index (χ1n) is 9.11. The number of rotatable bonds is 7. The molecule has 1 aliphatic heterocycles. The van der Waals surface area contributed by atoms with Gasteiger partial charge in [0.1, 0.15) is 5.75 Å². The molecule has 1 heterocycles. The van der Waals surface area contributed by atoms with Gasteiger partial charge in [0.2, 0.25) is 10.0 Å². The molecule has 0 bridgehead atoms. The second-order valence-corrected chi connectivity index (χ2v) is 8.09. The minimum Gasteiger partial charge on any atom is -0.494 e. The second kappa shape index (κ2) is 8.10. The second-order valence-electron chi connectivity index (χ2n) is 6.38. The lowest BCUT2D eigenvalue weighted by molar-refractivity contribution is 0.0945. The van der Waals surface area contributed by atoms with Crippen LogP contribution in [0.1, 0.15) is 47.8 Å². The zero-order valence-electron chi connectivity index (χ0n) is 15.5. The third-order valence-electron chi connectivity index (χ3n) is 4.62. The van der Waals surface area contributed by atoms with Crippen LogP contribution in [0.3, 0.4) is 0 Å². The Balaban J connectivity index is 1.91. The van der Waals surface area contributed by atoms with Crippen LogP contribution in [0, 0.1) is 0 Å². The van der Waals surface area contributed by atoms with Crippen molar-refractivity contribution < 1.29 is 17.9 Å². The normalized spacial score (nSPS) is 15.0. The number of benzene rings is 2. The summed E-state index contributed by atoms with van der Waals surface area (Å²) in [5.74, 6) is 0.432. The maximum Gasteiger partial charge on any atom is 0.251 e. The van der Waals surface area contributed by atoms with E-state index in [4.69, 9.17) is 4.74 Å². The molecule has 1 aliphatic rings. The van der Waals surface area contributed by atoms with Gasteiger partial charge in [0.15, 0.2) is 0 Å². The Kier molecular flexibility index (Phi) is 5.82. The Morgan fingerprint density at radius 1 is 1.19 bits per heavy atom. The van der Waals surface area contributed by atoms with Gasteiger partial charge in [0, 0.05) is 17.7 Å². The summed E-state index contributed by atoms with van der Waals surface area (Å²) < 4.78 is 34.3. The van der Waals surface area contributed by atoms with Crippen molar-refractivity contribution in [3.05, 3.63) is 59.2 Å². The van der Waals surface area contributed by atoms with Crippen molar-refractivity contribution >= 4 is 15.9 Å². The molecule has 0 aliphatic carbocycles. The smallest absolute Gasteiger partial charge is 0.251 e. The molecule has 6 nitrogen and oxygen atoms in total. The first-order valence-corrected chi connectivity index (χ1v) is 10.6. The van der Waals surface area contributed by atoms with Gasteiger partial charge >= 0.3 is 0 Å². The van der Waals surface area contributed by atoms with Gasteiger partial charge in [-0.05, 0) is 43.5 Å². The zero-order valence-corrected chi connectivity index (χ0v) is 16.3. The third-order valence-corrected chi connectivity index (χ3v) is 6.09. The molecule has 144 valence electrons. The summed E-state index contributed by atoms with van der Waals surface area (Å²) in [5.41, 5.74) is 2.08. The van der Waals surface area contributed by atoms with Crippen molar-refractivity contribution in [2.75, 3.05) is 13.2 Å². The van der Waals surface area contributed by atoms with Crippen molar-refractivity contribution in [3.63, 3.8) is 0 Å². The SMILES string of the molecule is CCOc1ccccc1[C@H](CC)NS(=O)(=O)c1ccc2c(c1)C(=O)NCC2. The molecular weight excluding hydrogens is 364 g/mol. The van der Waals surface area contributed by atoms with Crippen molar-refractivity contribution in [3.8, 4) is 5.75 Å². The summed E-state index contributed by atoms with van der Waals surface area (Å²) in [5, 5.41) is 2.75. The highest BCUT2D eigenvalue weighted by atomic mass is 32.2. The molecule has 0 spiro atoms. The topological polar surface area (TPSA) is 84.5 Å². The van der Waals surface area contributed by atoms with E-state index in [1.165, 1.54) is 6.07 Å². The predicted octanol–water partition coefficient (Wildman–Crippen LogP) is 2.80. The molecule has 0 aromatic heterocycles. The van der Waals surface area contributed by atoms with Crippen LogP contribution in [-0.2, 0) is 16.4 Å². The summed E-state index contributed by atoms with van der Waals surface area (Å²) in [7, 11) is -3.79. The van der Waals surface area contributed by atoms with Crippen molar-refractivity contribution in [1.29, 1.82) is 0 Å². The summed E-state index contributed by atoms with van der Waals surface area (Å²) in [4.78, 5) is 12.1. The number of fused-ring (bicyclic) bond motifs is 1. The highest BCUT2D eigenvalue weighted by molar-refractivity contribution is 7.89. The molecule has 0 fully saturated rings. The molecule has 0 saturated heterocycles. The fourth-order valence-electron chi connectivity index (χ4n) is 3.24. The lowest BCUT2D eigenvalue weighted by Crippen LogP contribution is -2.33. The maximum absolute atomic E-state index is 13.0. The summed E-state index contributed by atoms with van der Waals surface area (Å²) >= 11 is 0. The molecular formula is C20H24N2O4S. The zero-order chi connectivity index (χ0) is 19.4. The first-order chi connectivity index (χ1) is 13.0. The van der Waals surface area contributed by atoms with Crippen molar-refractivity contribution in [1.82, 2.24) is 10.0 Å². The van der Waals surface area contributed by atoms with Crippen LogP contribution in [0.2, 0.25) is 0 Å². The quantitative estimate of drug-likeness (QED) is 0.764. The van der Waals surface area contributed by atoms with E-state index in [2.05, 4.69) is 10.0 Å². The molecule has 0 saturated carbocycles. The monoisotopic (exact) mass is 388 g/mol.